The first kappa shape index (κ1) is 17.3. The molecule has 0 aliphatic carbocycles. The van der Waals surface area contributed by atoms with Crippen LogP contribution in [0.3, 0.4) is 0 Å². The molecule has 23 heavy (non-hydrogen) atoms. The average molecular weight is 324 g/mol. The topological polar surface area (TPSA) is 92.0 Å². The first-order valence-corrected chi connectivity index (χ1v) is 7.61. The van der Waals surface area contributed by atoms with E-state index in [0.29, 0.717) is 13.1 Å². The molecule has 0 spiro atoms. The molecule has 7 heteroatoms. The Balaban J connectivity index is 2.00. The lowest BCUT2D eigenvalue weighted by Gasteiger charge is -2.50. The Labute approximate surface area is 135 Å². The molecule has 1 aromatic heterocycles. The second kappa shape index (κ2) is 6.23. The number of ether oxygens (including phenoxy) is 1. The molecule has 0 saturated carbocycles. The molecular weight excluding hydrogens is 300 g/mol. The second-order valence-electron chi connectivity index (χ2n) is 7.07. The average Bonchev–Trinajstić information content (AvgIpc) is 2.85. The summed E-state index contributed by atoms with van der Waals surface area (Å²) in [5.41, 5.74) is -1.24. The Kier molecular flexibility index (Phi) is 4.70. The molecule has 1 aliphatic rings. The molecule has 1 fully saturated rings. The standard InChI is InChI=1S/C16H24N2O5/c1-11(12-6-5-7-22-12)17-16(8-13(19)20)9-18(10-16)14(21)23-15(2,3)4/h5-7,11,17H,8-10H2,1-4H3,(H,19,20)/t11-/m1/s1. The van der Waals surface area contributed by atoms with Crippen LogP contribution >= 0.6 is 0 Å². The summed E-state index contributed by atoms with van der Waals surface area (Å²) in [4.78, 5) is 24.7. The quantitative estimate of drug-likeness (QED) is 0.864. The minimum atomic E-state index is -0.909. The highest BCUT2D eigenvalue weighted by Gasteiger charge is 2.48. The van der Waals surface area contributed by atoms with Gasteiger partial charge in [0.1, 0.15) is 11.4 Å². The monoisotopic (exact) mass is 324 g/mol. The van der Waals surface area contributed by atoms with Crippen LogP contribution < -0.4 is 5.32 Å². The van der Waals surface area contributed by atoms with Gasteiger partial charge >= 0.3 is 12.1 Å². The molecular formula is C16H24N2O5. The molecule has 0 bridgehead atoms. The van der Waals surface area contributed by atoms with Gasteiger partial charge in [-0.3, -0.25) is 10.1 Å². The number of carbonyl (C=O) groups excluding carboxylic acids is 1. The van der Waals surface area contributed by atoms with Crippen molar-refractivity contribution in [1.29, 1.82) is 0 Å². The van der Waals surface area contributed by atoms with Crippen molar-refractivity contribution >= 4 is 12.1 Å². The fourth-order valence-electron chi connectivity index (χ4n) is 2.75. The molecule has 0 unspecified atom stereocenters. The summed E-state index contributed by atoms with van der Waals surface area (Å²) < 4.78 is 10.7. The lowest BCUT2D eigenvalue weighted by molar-refractivity contribution is -0.141. The van der Waals surface area contributed by atoms with Crippen LogP contribution in [0.1, 0.15) is 45.9 Å². The largest absolute Gasteiger partial charge is 0.481 e. The molecule has 2 N–H and O–H groups in total. The summed E-state index contributed by atoms with van der Waals surface area (Å²) in [6.45, 7) is 7.88. The van der Waals surface area contributed by atoms with Gasteiger partial charge in [-0.1, -0.05) is 0 Å². The number of aliphatic carboxylic acids is 1. The van der Waals surface area contributed by atoms with E-state index in [2.05, 4.69) is 5.32 Å². The number of likely N-dealkylation sites (tertiary alicyclic amines) is 1. The SMILES string of the molecule is C[C@@H](NC1(CC(=O)O)CN(C(=O)OC(C)(C)C)C1)c1ccco1. The normalized spacial score (nSPS) is 18.2. The van der Waals surface area contributed by atoms with Crippen molar-refractivity contribution in [1.82, 2.24) is 10.2 Å². The Morgan fingerprint density at radius 2 is 2.13 bits per heavy atom. The summed E-state index contributed by atoms with van der Waals surface area (Å²) in [7, 11) is 0. The van der Waals surface area contributed by atoms with Gasteiger partial charge in [-0.2, -0.15) is 0 Å². The van der Waals surface area contributed by atoms with Crippen LogP contribution in [0.2, 0.25) is 0 Å². The van der Waals surface area contributed by atoms with Gasteiger partial charge in [-0.05, 0) is 39.8 Å². The summed E-state index contributed by atoms with van der Waals surface area (Å²) in [5, 5.41) is 12.5. The van der Waals surface area contributed by atoms with Crippen molar-refractivity contribution in [2.24, 2.45) is 0 Å². The van der Waals surface area contributed by atoms with E-state index in [9.17, 15) is 14.7 Å². The maximum Gasteiger partial charge on any atom is 0.410 e. The summed E-state index contributed by atoms with van der Waals surface area (Å²) in [6.07, 6.45) is 1.08. The zero-order valence-corrected chi connectivity index (χ0v) is 14.0. The highest BCUT2D eigenvalue weighted by Crippen LogP contribution is 2.30. The van der Waals surface area contributed by atoms with Gasteiger partial charge in [0.25, 0.3) is 0 Å². The number of carboxylic acid groups (broad SMARTS) is 1. The van der Waals surface area contributed by atoms with E-state index in [1.807, 2.05) is 13.0 Å². The van der Waals surface area contributed by atoms with Crippen LogP contribution in [0.4, 0.5) is 4.79 Å². The number of nitrogens with one attached hydrogen (secondary N) is 1. The first-order chi connectivity index (χ1) is 10.6. The van der Waals surface area contributed by atoms with Gasteiger partial charge in [0.05, 0.1) is 24.3 Å². The maximum absolute atomic E-state index is 12.0. The van der Waals surface area contributed by atoms with E-state index in [1.54, 1.807) is 33.1 Å². The number of hydrogen-bond donors (Lipinski definition) is 2. The van der Waals surface area contributed by atoms with Gasteiger partial charge in [0, 0.05) is 13.1 Å². The van der Waals surface area contributed by atoms with Gasteiger partial charge < -0.3 is 19.2 Å². The molecule has 0 radical (unpaired) electrons. The Hall–Kier alpha value is -2.02. The fraction of sp³-hybridized carbons (Fsp3) is 0.625. The van der Waals surface area contributed by atoms with Crippen molar-refractivity contribution in [2.75, 3.05) is 13.1 Å². The van der Waals surface area contributed by atoms with E-state index in [0.717, 1.165) is 5.76 Å². The zero-order chi connectivity index (χ0) is 17.3. The third kappa shape index (κ3) is 4.48. The van der Waals surface area contributed by atoms with Gasteiger partial charge in [0.15, 0.2) is 0 Å². The molecule has 7 nitrogen and oxygen atoms in total. The predicted octanol–water partition coefficient (Wildman–Crippen LogP) is 2.39. The number of nitrogens with zero attached hydrogens (tertiary/aromatic N) is 1. The third-order valence-corrected chi connectivity index (χ3v) is 3.62. The molecule has 1 saturated heterocycles. The van der Waals surface area contributed by atoms with Crippen LogP contribution in [-0.2, 0) is 9.53 Å². The van der Waals surface area contributed by atoms with E-state index < -0.39 is 23.2 Å². The van der Waals surface area contributed by atoms with E-state index in [4.69, 9.17) is 9.15 Å². The molecule has 0 aromatic carbocycles. The molecule has 1 aromatic rings. The van der Waals surface area contributed by atoms with Crippen molar-refractivity contribution < 1.29 is 23.8 Å². The first-order valence-electron chi connectivity index (χ1n) is 7.61. The van der Waals surface area contributed by atoms with Crippen LogP contribution in [0.15, 0.2) is 22.8 Å². The highest BCUT2D eigenvalue weighted by molar-refractivity contribution is 5.73. The number of amides is 1. The molecule has 1 atom stereocenters. The fourth-order valence-corrected chi connectivity index (χ4v) is 2.75. The molecule has 128 valence electrons. The predicted molar refractivity (Wildman–Crippen MR) is 83.0 cm³/mol. The number of carbonyl (C=O) groups is 2. The lowest BCUT2D eigenvalue weighted by Crippen LogP contribution is -2.71. The van der Waals surface area contributed by atoms with Crippen LogP contribution in [-0.4, -0.2) is 46.3 Å². The van der Waals surface area contributed by atoms with Gasteiger partial charge in [-0.25, -0.2) is 4.79 Å². The van der Waals surface area contributed by atoms with Gasteiger partial charge in [0.2, 0.25) is 0 Å². The number of rotatable bonds is 5. The van der Waals surface area contributed by atoms with E-state index >= 15 is 0 Å². The van der Waals surface area contributed by atoms with Crippen molar-refractivity contribution in [3.05, 3.63) is 24.2 Å². The lowest BCUT2D eigenvalue weighted by atomic mass is 9.85. The summed E-state index contributed by atoms with van der Waals surface area (Å²) in [5.74, 6) is -0.182. The van der Waals surface area contributed by atoms with Crippen molar-refractivity contribution in [2.45, 2.75) is 51.3 Å². The van der Waals surface area contributed by atoms with E-state index in [1.165, 1.54) is 4.90 Å². The molecule has 2 heterocycles. The van der Waals surface area contributed by atoms with E-state index in [-0.39, 0.29) is 12.5 Å². The number of hydrogen-bond acceptors (Lipinski definition) is 5. The molecule has 1 aliphatic heterocycles. The summed E-state index contributed by atoms with van der Waals surface area (Å²) in [6, 6.07) is 3.46. The maximum atomic E-state index is 12.0. The minimum Gasteiger partial charge on any atom is -0.481 e. The smallest absolute Gasteiger partial charge is 0.410 e. The Morgan fingerprint density at radius 3 is 2.61 bits per heavy atom. The Bertz CT molecular complexity index is 556. The molecule has 1 amide bonds. The number of furan rings is 1. The van der Waals surface area contributed by atoms with Crippen LogP contribution in [0, 0.1) is 0 Å². The minimum absolute atomic E-state index is 0.0721. The van der Waals surface area contributed by atoms with Crippen LogP contribution in [0.25, 0.3) is 0 Å². The summed E-state index contributed by atoms with van der Waals surface area (Å²) >= 11 is 0. The second-order valence-corrected chi connectivity index (χ2v) is 7.07. The number of carboxylic acids is 1. The van der Waals surface area contributed by atoms with Crippen molar-refractivity contribution in [3.63, 3.8) is 0 Å². The molecule has 2 rings (SSSR count). The van der Waals surface area contributed by atoms with Gasteiger partial charge in [-0.15, -0.1) is 0 Å². The van der Waals surface area contributed by atoms with Crippen molar-refractivity contribution in [3.8, 4) is 0 Å². The third-order valence-electron chi connectivity index (χ3n) is 3.62. The highest BCUT2D eigenvalue weighted by atomic mass is 16.6. The van der Waals surface area contributed by atoms with Crippen LogP contribution in [0.5, 0.6) is 0 Å². The zero-order valence-electron chi connectivity index (χ0n) is 14.0. The Morgan fingerprint density at radius 1 is 1.48 bits per heavy atom.